The van der Waals surface area contributed by atoms with Crippen LogP contribution in [0.3, 0.4) is 0 Å². The van der Waals surface area contributed by atoms with Gasteiger partial charge in [-0.3, -0.25) is 0 Å². The number of furan rings is 3. The van der Waals surface area contributed by atoms with Crippen LogP contribution in [0.4, 0.5) is 0 Å². The molecular weight excluding hydrogens is 2260 g/mol. The van der Waals surface area contributed by atoms with Crippen molar-refractivity contribution in [2.45, 2.75) is 62.3 Å². The summed E-state index contributed by atoms with van der Waals surface area (Å²) >= 11 is 0. The van der Waals surface area contributed by atoms with Crippen LogP contribution in [0.1, 0.15) is 50.9 Å². The zero-order chi connectivity index (χ0) is 95.2. The maximum absolute atomic E-state index is 6.01. The first-order valence-corrected chi connectivity index (χ1v) is 45.3. The van der Waals surface area contributed by atoms with E-state index in [2.05, 4.69) is 163 Å². The molecule has 0 radical (unpaired) electrons. The molecule has 0 amide bonds. The molecule has 0 saturated heterocycles. The zero-order valence-electron chi connectivity index (χ0n) is 79.1. The van der Waals surface area contributed by atoms with Crippen LogP contribution in [-0.2, 0) is 60.3 Å². The molecular formula is C126H96Ir3N9O3. The Hall–Kier alpha value is -15.7. The van der Waals surface area contributed by atoms with Crippen LogP contribution in [0, 0.1) is 117 Å². The Morgan fingerprint density at radius 2 is 0.475 bits per heavy atom. The van der Waals surface area contributed by atoms with Crippen molar-refractivity contribution in [1.29, 1.82) is 0 Å². The molecule has 24 rings (SSSR count). The molecule has 0 N–H and O–H groups in total. The Balaban J connectivity index is 0.000000134. The Morgan fingerprint density at radius 1 is 0.184 bits per heavy atom. The summed E-state index contributed by atoms with van der Waals surface area (Å²) in [6, 6.07) is 160. The first-order chi connectivity index (χ1) is 67.6. The van der Waals surface area contributed by atoms with Crippen LogP contribution in [0.15, 0.2) is 432 Å². The number of pyridine rings is 9. The van der Waals surface area contributed by atoms with Gasteiger partial charge in [0.15, 0.2) is 0 Å². The first kappa shape index (κ1) is 103. The summed E-state index contributed by atoms with van der Waals surface area (Å²) in [5, 5.41) is 6.70. The number of para-hydroxylation sites is 3. The summed E-state index contributed by atoms with van der Waals surface area (Å²) in [7, 11) is 0. The van der Waals surface area contributed by atoms with Gasteiger partial charge in [0, 0.05) is 63.5 Å². The molecule has 0 saturated carbocycles. The first-order valence-electron chi connectivity index (χ1n) is 45.3. The predicted octanol–water partition coefficient (Wildman–Crippen LogP) is 31.4. The van der Waals surface area contributed by atoms with Crippen molar-refractivity contribution < 1.29 is 73.6 Å². The Labute approximate surface area is 865 Å². The smallest absolute Gasteiger partial charge is 0.501 e. The average Bonchev–Trinajstić information content (AvgIpc) is 1.61. The second kappa shape index (κ2) is 51.7. The van der Waals surface area contributed by atoms with Crippen LogP contribution >= 0.6 is 0 Å². The van der Waals surface area contributed by atoms with E-state index in [0.29, 0.717) is 0 Å². The molecule has 0 aliphatic carbocycles. The fourth-order valence-corrected chi connectivity index (χ4v) is 15.0. The maximum atomic E-state index is 6.01. The molecule has 12 aromatic carbocycles. The van der Waals surface area contributed by atoms with E-state index in [1.165, 1.54) is 16.7 Å². The molecule has 0 unspecified atom stereocenters. The van der Waals surface area contributed by atoms with Gasteiger partial charge in [0.05, 0.1) is 16.7 Å². The van der Waals surface area contributed by atoms with Crippen molar-refractivity contribution in [3.8, 4) is 101 Å². The van der Waals surface area contributed by atoms with E-state index in [4.69, 9.17) is 13.3 Å². The molecule has 12 aromatic heterocycles. The van der Waals surface area contributed by atoms with Gasteiger partial charge in [-0.2, -0.15) is 0 Å². The van der Waals surface area contributed by atoms with Crippen molar-refractivity contribution in [3.05, 3.63) is 524 Å². The van der Waals surface area contributed by atoms with Gasteiger partial charge in [-0.15, -0.1) is 275 Å². The second-order valence-corrected chi connectivity index (χ2v) is 32.4. The Morgan fingerprint density at radius 3 is 0.809 bits per heavy atom. The monoisotopic (exact) mass is 2360 g/mol. The van der Waals surface area contributed by atoms with Gasteiger partial charge in [0.25, 0.3) is 0 Å². The van der Waals surface area contributed by atoms with E-state index in [1.807, 2.05) is 418 Å². The summed E-state index contributed by atoms with van der Waals surface area (Å²) in [6.07, 6.45) is 5.47. The number of rotatable bonds is 9. The molecule has 24 aromatic rings. The minimum atomic E-state index is 0. The van der Waals surface area contributed by atoms with Crippen LogP contribution < -0.4 is 0 Å². The summed E-state index contributed by atoms with van der Waals surface area (Å²) in [5.41, 5.74) is 32.9. The molecule has 12 heterocycles. The number of hydrogen-bond acceptors (Lipinski definition) is 12. The number of fused-ring (bicyclic) bond motifs is 9. The Bertz CT molecular complexity index is 7450. The summed E-state index contributed by atoms with van der Waals surface area (Å²) in [4.78, 5) is 39.7. The average molecular weight is 2360 g/mol. The topological polar surface area (TPSA) is 155 Å². The van der Waals surface area contributed by atoms with Gasteiger partial charge in [-0.25, -0.2) is 0 Å². The maximum Gasteiger partial charge on any atom is 3.00 e. The van der Waals surface area contributed by atoms with Gasteiger partial charge in [-0.05, 0) is 192 Å². The SMILES string of the molecule is Cc1cccc(-c2[c-]cccc2)n1.Cc1cccc(-c2[c-]cccc2)n1.Cc1cccc(-c2[c-]cccc2)n1.Cc1cccc(-c2[c-]cccc2)n1.Cc1cccc(-c2[c-]cccc2)n1.Cc1cccc(-c2[c-]cccc2)n1.Cc1ccnc(-c2[c-]cc3c(c2)oc2ccccc23)c1.Cc1ccnc(-c2[c-]cc3oc4ccccc4c3c2)c1.Cc1ccnc(-c2[c-]ccc3c2oc2ccccc23)c1.[Ir+3].[Ir+3].[Ir+3]. The quantitative estimate of drug-likeness (QED) is 0.126. The number of aromatic nitrogens is 9. The number of hydrogen-bond donors (Lipinski definition) is 0. The van der Waals surface area contributed by atoms with Gasteiger partial charge in [0.1, 0.15) is 16.7 Å². The predicted molar refractivity (Wildman–Crippen MR) is 561 cm³/mol. The van der Waals surface area contributed by atoms with Crippen LogP contribution in [0.5, 0.6) is 0 Å². The molecule has 15 heteroatoms. The summed E-state index contributed by atoms with van der Waals surface area (Å²) < 4.78 is 17.7. The summed E-state index contributed by atoms with van der Waals surface area (Å²) in [6.45, 7) is 18.1. The van der Waals surface area contributed by atoms with Crippen molar-refractivity contribution in [1.82, 2.24) is 44.9 Å². The second-order valence-electron chi connectivity index (χ2n) is 32.4. The molecule has 0 spiro atoms. The molecule has 12 nitrogen and oxygen atoms in total. The van der Waals surface area contributed by atoms with E-state index in [9.17, 15) is 0 Å². The Kier molecular flexibility index (Phi) is 37.6. The van der Waals surface area contributed by atoms with Gasteiger partial charge in [0.2, 0.25) is 0 Å². The molecule has 0 bridgehead atoms. The standard InChI is InChI=1S/3C18H12NO.6C12H10N.3Ir/c1-12-9-10-19-16(11-12)15-7-4-6-14-13-5-2-3-8-17(13)20-18(14)15;1-12-8-9-19-16(10-12)13-6-7-18-15(11-13)14-4-2-3-5-17(14)20-18;1-12-8-9-19-16(10-12)13-6-7-15-14-4-2-3-5-17(14)20-18(15)11-13;6*1-10-6-5-9-12(13-10)11-7-3-2-4-8-11;;;/h2-6,8-11H,1H3;2*2-5,7-11H,1H3;6*2-7,9H,1H3;;;/q9*-1;3*+3. The van der Waals surface area contributed by atoms with Gasteiger partial charge < -0.3 is 58.1 Å². The number of nitrogens with zero attached hydrogens (tertiary/aromatic N) is 9. The van der Waals surface area contributed by atoms with Crippen molar-refractivity contribution >= 4 is 65.8 Å². The van der Waals surface area contributed by atoms with Crippen LogP contribution in [0.2, 0.25) is 0 Å². The van der Waals surface area contributed by atoms with E-state index in [-0.39, 0.29) is 60.3 Å². The van der Waals surface area contributed by atoms with Gasteiger partial charge in [-0.1, -0.05) is 190 Å². The fourth-order valence-electron chi connectivity index (χ4n) is 15.0. The largest absolute Gasteiger partial charge is 3.00 e. The zero-order valence-corrected chi connectivity index (χ0v) is 86.3. The van der Waals surface area contributed by atoms with Crippen LogP contribution in [-0.4, -0.2) is 44.9 Å². The molecule has 0 atom stereocenters. The van der Waals surface area contributed by atoms with E-state index in [1.54, 1.807) is 0 Å². The minimum absolute atomic E-state index is 0. The number of benzene rings is 12. The van der Waals surface area contributed by atoms with E-state index >= 15 is 0 Å². The van der Waals surface area contributed by atoms with E-state index < -0.39 is 0 Å². The van der Waals surface area contributed by atoms with Crippen molar-refractivity contribution in [3.63, 3.8) is 0 Å². The molecule has 0 fully saturated rings. The number of aryl methyl sites for hydroxylation is 9. The fraction of sp³-hybridized carbons (Fsp3) is 0.0714. The van der Waals surface area contributed by atoms with Crippen molar-refractivity contribution in [2.75, 3.05) is 0 Å². The molecule has 0 aliphatic heterocycles. The molecule has 0 aliphatic rings. The van der Waals surface area contributed by atoms with E-state index in [0.717, 1.165) is 201 Å². The van der Waals surface area contributed by atoms with Gasteiger partial charge >= 0.3 is 60.3 Å². The third-order valence-electron chi connectivity index (χ3n) is 21.8. The minimum Gasteiger partial charge on any atom is -0.501 e. The molecule has 690 valence electrons. The molecule has 141 heavy (non-hydrogen) atoms. The third-order valence-corrected chi connectivity index (χ3v) is 21.8. The van der Waals surface area contributed by atoms with Crippen molar-refractivity contribution in [2.24, 2.45) is 0 Å². The third kappa shape index (κ3) is 28.5. The van der Waals surface area contributed by atoms with Crippen LogP contribution in [0.25, 0.3) is 167 Å². The normalized spacial score (nSPS) is 10.3. The summed E-state index contributed by atoms with van der Waals surface area (Å²) in [5.74, 6) is 0.